The molecule has 1 aromatic heterocycles. The molecule has 1 heterocycles. The molecule has 1 N–H and O–H groups in total. The van der Waals surface area contributed by atoms with Crippen molar-refractivity contribution in [3.63, 3.8) is 0 Å². The summed E-state index contributed by atoms with van der Waals surface area (Å²) in [6.07, 6.45) is 1.02. The molecular formula is C13H13BrN2S. The third-order valence-corrected chi connectivity index (χ3v) is 4.78. The van der Waals surface area contributed by atoms with Crippen LogP contribution >= 0.6 is 27.3 Å². The summed E-state index contributed by atoms with van der Waals surface area (Å²) < 4.78 is 1.20. The standard InChI is InChI=1S/C13H13BrN2S/c1-2-15-7-12-16-13-8-4-3-5-10(14)9(8)6-11(13)17-12/h3-5,15H,2,6-7H2,1H3. The van der Waals surface area contributed by atoms with E-state index in [0.717, 1.165) is 19.5 Å². The van der Waals surface area contributed by atoms with Crippen LogP contribution in [0.25, 0.3) is 11.3 Å². The number of benzene rings is 1. The first-order chi connectivity index (χ1) is 8.29. The van der Waals surface area contributed by atoms with E-state index in [1.54, 1.807) is 0 Å². The number of aromatic nitrogens is 1. The maximum atomic E-state index is 4.75. The van der Waals surface area contributed by atoms with Crippen LogP contribution in [0.4, 0.5) is 0 Å². The zero-order valence-electron chi connectivity index (χ0n) is 9.59. The molecule has 0 fully saturated rings. The van der Waals surface area contributed by atoms with E-state index in [-0.39, 0.29) is 0 Å². The summed E-state index contributed by atoms with van der Waals surface area (Å²) >= 11 is 5.45. The van der Waals surface area contributed by atoms with Crippen molar-refractivity contribution in [2.45, 2.75) is 19.9 Å². The molecule has 0 atom stereocenters. The Morgan fingerprint density at radius 2 is 2.35 bits per heavy atom. The fraction of sp³-hybridized carbons (Fsp3) is 0.308. The number of nitrogens with one attached hydrogen (secondary N) is 1. The molecule has 0 saturated carbocycles. The lowest BCUT2D eigenvalue weighted by Crippen LogP contribution is -2.11. The van der Waals surface area contributed by atoms with E-state index in [1.165, 1.54) is 31.2 Å². The lowest BCUT2D eigenvalue weighted by atomic mass is 10.1. The molecule has 0 unspecified atom stereocenters. The van der Waals surface area contributed by atoms with Gasteiger partial charge in [-0.2, -0.15) is 0 Å². The summed E-state index contributed by atoms with van der Waals surface area (Å²) in [5, 5.41) is 4.52. The first-order valence-electron chi connectivity index (χ1n) is 5.76. The Balaban J connectivity index is 1.98. The van der Waals surface area contributed by atoms with Crippen molar-refractivity contribution in [2.75, 3.05) is 6.54 Å². The molecule has 4 heteroatoms. The van der Waals surface area contributed by atoms with Gasteiger partial charge in [-0.25, -0.2) is 4.98 Å². The van der Waals surface area contributed by atoms with Gasteiger partial charge in [0.1, 0.15) is 5.01 Å². The van der Waals surface area contributed by atoms with Crippen LogP contribution in [0.5, 0.6) is 0 Å². The number of nitrogens with zero attached hydrogens (tertiary/aromatic N) is 1. The van der Waals surface area contributed by atoms with E-state index in [4.69, 9.17) is 4.98 Å². The highest BCUT2D eigenvalue weighted by Gasteiger charge is 2.24. The Labute approximate surface area is 113 Å². The molecular weight excluding hydrogens is 296 g/mol. The Hall–Kier alpha value is -0.710. The van der Waals surface area contributed by atoms with Gasteiger partial charge in [-0.3, -0.25) is 0 Å². The van der Waals surface area contributed by atoms with Crippen molar-refractivity contribution >= 4 is 27.3 Å². The second-order valence-corrected chi connectivity index (χ2v) is 6.12. The molecule has 0 spiro atoms. The van der Waals surface area contributed by atoms with Gasteiger partial charge in [-0.15, -0.1) is 11.3 Å². The van der Waals surface area contributed by atoms with Crippen LogP contribution in [0.2, 0.25) is 0 Å². The molecule has 0 aliphatic heterocycles. The van der Waals surface area contributed by atoms with Crippen LogP contribution in [0, 0.1) is 0 Å². The maximum Gasteiger partial charge on any atom is 0.107 e. The van der Waals surface area contributed by atoms with Crippen molar-refractivity contribution in [3.8, 4) is 11.3 Å². The number of rotatable bonds is 3. The summed E-state index contributed by atoms with van der Waals surface area (Å²) in [6.45, 7) is 4.00. The van der Waals surface area contributed by atoms with Crippen LogP contribution in [0.3, 0.4) is 0 Å². The SMILES string of the molecule is CCNCc1nc2c(s1)Cc1c(Br)cccc1-2. The molecule has 0 bridgehead atoms. The zero-order chi connectivity index (χ0) is 11.8. The highest BCUT2D eigenvalue weighted by Crippen LogP contribution is 2.42. The minimum Gasteiger partial charge on any atom is -0.311 e. The molecule has 0 amide bonds. The second kappa shape index (κ2) is 4.52. The fourth-order valence-corrected chi connectivity index (χ4v) is 3.73. The van der Waals surface area contributed by atoms with Crippen LogP contribution in [-0.2, 0) is 13.0 Å². The number of fused-ring (bicyclic) bond motifs is 3. The van der Waals surface area contributed by atoms with E-state index < -0.39 is 0 Å². The monoisotopic (exact) mass is 308 g/mol. The molecule has 0 saturated heterocycles. The molecule has 0 radical (unpaired) electrons. The molecule has 2 nitrogen and oxygen atoms in total. The lowest BCUT2D eigenvalue weighted by Gasteiger charge is -2.02. The van der Waals surface area contributed by atoms with Crippen molar-refractivity contribution in [1.82, 2.24) is 10.3 Å². The van der Waals surface area contributed by atoms with Gasteiger partial charge in [0, 0.05) is 27.9 Å². The fourth-order valence-electron chi connectivity index (χ4n) is 2.16. The van der Waals surface area contributed by atoms with Gasteiger partial charge in [0.2, 0.25) is 0 Å². The number of thiazole rings is 1. The summed E-state index contributed by atoms with van der Waals surface area (Å²) in [7, 11) is 0. The van der Waals surface area contributed by atoms with Gasteiger partial charge in [0.05, 0.1) is 5.69 Å². The Kier molecular flexibility index (Phi) is 3.03. The average Bonchev–Trinajstić information content (AvgIpc) is 2.85. The molecule has 3 rings (SSSR count). The van der Waals surface area contributed by atoms with Crippen LogP contribution in [0.1, 0.15) is 22.4 Å². The highest BCUT2D eigenvalue weighted by atomic mass is 79.9. The predicted molar refractivity (Wildman–Crippen MR) is 75.4 cm³/mol. The van der Waals surface area contributed by atoms with Gasteiger partial charge >= 0.3 is 0 Å². The van der Waals surface area contributed by atoms with Crippen molar-refractivity contribution < 1.29 is 0 Å². The summed E-state index contributed by atoms with van der Waals surface area (Å²) in [4.78, 5) is 6.15. The number of hydrogen-bond donors (Lipinski definition) is 1. The largest absolute Gasteiger partial charge is 0.311 e. The smallest absolute Gasteiger partial charge is 0.107 e. The molecule has 1 aromatic carbocycles. The van der Waals surface area contributed by atoms with Gasteiger partial charge < -0.3 is 5.32 Å². The zero-order valence-corrected chi connectivity index (χ0v) is 12.0. The van der Waals surface area contributed by atoms with Crippen LogP contribution in [0.15, 0.2) is 22.7 Å². The Bertz CT molecular complexity index is 563. The normalized spacial score (nSPS) is 12.6. The predicted octanol–water partition coefficient (Wildman–Crippen LogP) is 3.59. The van der Waals surface area contributed by atoms with Crippen molar-refractivity contribution in [3.05, 3.63) is 38.1 Å². The first-order valence-corrected chi connectivity index (χ1v) is 7.37. The number of halogens is 1. The molecule has 1 aliphatic carbocycles. The Morgan fingerprint density at radius 1 is 1.47 bits per heavy atom. The summed E-state index contributed by atoms with van der Waals surface area (Å²) in [6, 6.07) is 6.36. The third-order valence-electron chi connectivity index (χ3n) is 2.98. The molecule has 17 heavy (non-hydrogen) atoms. The molecule has 88 valence electrons. The maximum absolute atomic E-state index is 4.75. The minimum absolute atomic E-state index is 0.886. The Morgan fingerprint density at radius 3 is 3.18 bits per heavy atom. The summed E-state index contributed by atoms with van der Waals surface area (Å²) in [5.74, 6) is 0. The summed E-state index contributed by atoms with van der Waals surface area (Å²) in [5.41, 5.74) is 3.88. The van der Waals surface area contributed by atoms with Gasteiger partial charge in [0.25, 0.3) is 0 Å². The minimum atomic E-state index is 0.886. The average molecular weight is 309 g/mol. The third kappa shape index (κ3) is 1.94. The van der Waals surface area contributed by atoms with Gasteiger partial charge in [-0.05, 0) is 18.2 Å². The van der Waals surface area contributed by atoms with Gasteiger partial charge in [0.15, 0.2) is 0 Å². The molecule has 2 aromatic rings. The van der Waals surface area contributed by atoms with E-state index >= 15 is 0 Å². The quantitative estimate of drug-likeness (QED) is 0.800. The van der Waals surface area contributed by atoms with Crippen molar-refractivity contribution in [1.29, 1.82) is 0 Å². The second-order valence-electron chi connectivity index (χ2n) is 4.10. The topological polar surface area (TPSA) is 24.9 Å². The highest BCUT2D eigenvalue weighted by molar-refractivity contribution is 9.10. The first kappa shape index (κ1) is 11.4. The van der Waals surface area contributed by atoms with E-state index in [1.807, 2.05) is 11.3 Å². The lowest BCUT2D eigenvalue weighted by molar-refractivity contribution is 0.723. The van der Waals surface area contributed by atoms with Crippen LogP contribution < -0.4 is 5.32 Å². The van der Waals surface area contributed by atoms with E-state index in [2.05, 4.69) is 46.4 Å². The molecule has 1 aliphatic rings. The van der Waals surface area contributed by atoms with E-state index in [9.17, 15) is 0 Å². The number of hydrogen-bond acceptors (Lipinski definition) is 3. The van der Waals surface area contributed by atoms with Crippen LogP contribution in [-0.4, -0.2) is 11.5 Å². The van der Waals surface area contributed by atoms with Crippen molar-refractivity contribution in [2.24, 2.45) is 0 Å². The van der Waals surface area contributed by atoms with E-state index in [0.29, 0.717) is 0 Å². The van der Waals surface area contributed by atoms with Gasteiger partial charge in [-0.1, -0.05) is 35.0 Å².